The molecule has 6 nitrogen and oxygen atoms in total. The average molecular weight is 421 g/mol. The summed E-state index contributed by atoms with van der Waals surface area (Å²) in [7, 11) is 1.62. The number of hydrogen-bond donors (Lipinski definition) is 2. The molecule has 0 aliphatic heterocycles. The van der Waals surface area contributed by atoms with Crippen LogP contribution in [-0.2, 0) is 0 Å². The number of aromatic nitrogens is 2. The molecular formula is C21H16N4O2S2. The van der Waals surface area contributed by atoms with Crippen molar-refractivity contribution < 1.29 is 9.53 Å². The molecule has 29 heavy (non-hydrogen) atoms. The number of ether oxygens (including phenoxy) is 1. The first kappa shape index (κ1) is 17.8. The van der Waals surface area contributed by atoms with Crippen LogP contribution in [0.2, 0.25) is 0 Å². The van der Waals surface area contributed by atoms with E-state index >= 15 is 0 Å². The Labute approximate surface area is 174 Å². The maximum atomic E-state index is 12.9. The van der Waals surface area contributed by atoms with Gasteiger partial charge in [-0.05, 0) is 49.4 Å². The van der Waals surface area contributed by atoms with Crippen LogP contribution >= 0.6 is 22.7 Å². The van der Waals surface area contributed by atoms with Gasteiger partial charge in [0.1, 0.15) is 15.5 Å². The molecule has 0 saturated heterocycles. The fraction of sp³-hybridized carbons (Fsp3) is 0.0952. The van der Waals surface area contributed by atoms with Crippen LogP contribution in [0.5, 0.6) is 5.75 Å². The smallest absolute Gasteiger partial charge is 0.267 e. The van der Waals surface area contributed by atoms with Gasteiger partial charge >= 0.3 is 0 Å². The minimum Gasteiger partial charge on any atom is -0.497 e. The molecule has 0 bridgehead atoms. The highest BCUT2D eigenvalue weighted by Crippen LogP contribution is 2.36. The number of benzene rings is 2. The normalized spacial score (nSPS) is 11.4. The molecular weight excluding hydrogens is 404 g/mol. The maximum absolute atomic E-state index is 12.9. The van der Waals surface area contributed by atoms with Crippen LogP contribution in [0.15, 0.2) is 42.5 Å². The number of thiophene rings is 1. The van der Waals surface area contributed by atoms with Gasteiger partial charge in [-0.3, -0.25) is 4.79 Å². The number of carbonyl (C=O) groups excluding carboxylic acids is 1. The summed E-state index contributed by atoms with van der Waals surface area (Å²) in [5, 5.41) is 5.61. The first-order valence-corrected chi connectivity index (χ1v) is 10.5. The number of nitrogens with one attached hydrogen (secondary N) is 1. The molecule has 0 unspecified atom stereocenters. The molecule has 8 heteroatoms. The number of rotatable bonds is 3. The van der Waals surface area contributed by atoms with Crippen molar-refractivity contribution >= 4 is 71.3 Å². The lowest BCUT2D eigenvalue weighted by atomic mass is 10.1. The number of nitrogens with two attached hydrogens (primary N) is 1. The summed E-state index contributed by atoms with van der Waals surface area (Å²) < 4.78 is 6.37. The first-order valence-electron chi connectivity index (χ1n) is 8.87. The summed E-state index contributed by atoms with van der Waals surface area (Å²) in [4.78, 5) is 23.2. The van der Waals surface area contributed by atoms with Gasteiger partial charge < -0.3 is 15.8 Å². The first-order chi connectivity index (χ1) is 14.0. The quantitative estimate of drug-likeness (QED) is 0.418. The monoisotopic (exact) mass is 420 g/mol. The fourth-order valence-corrected chi connectivity index (χ4v) is 5.07. The van der Waals surface area contributed by atoms with E-state index in [-0.39, 0.29) is 5.91 Å². The van der Waals surface area contributed by atoms with Crippen molar-refractivity contribution in [2.24, 2.45) is 0 Å². The molecule has 1 amide bonds. The Balaban J connectivity index is 1.53. The third kappa shape index (κ3) is 3.06. The molecule has 0 radical (unpaired) electrons. The highest BCUT2D eigenvalue weighted by Gasteiger charge is 2.18. The summed E-state index contributed by atoms with van der Waals surface area (Å²) in [5.74, 6) is 0.497. The number of pyridine rings is 1. The second kappa shape index (κ2) is 6.68. The largest absolute Gasteiger partial charge is 0.497 e. The Morgan fingerprint density at radius 2 is 1.93 bits per heavy atom. The van der Waals surface area contributed by atoms with Gasteiger partial charge in [-0.1, -0.05) is 0 Å². The van der Waals surface area contributed by atoms with E-state index in [1.165, 1.54) is 11.3 Å². The average Bonchev–Trinajstić information content (AvgIpc) is 3.24. The molecule has 0 atom stereocenters. The van der Waals surface area contributed by atoms with E-state index in [0.717, 1.165) is 42.1 Å². The van der Waals surface area contributed by atoms with Gasteiger partial charge in [0.2, 0.25) is 0 Å². The zero-order valence-electron chi connectivity index (χ0n) is 15.6. The van der Waals surface area contributed by atoms with Crippen molar-refractivity contribution in [3.8, 4) is 5.75 Å². The van der Waals surface area contributed by atoms with E-state index in [1.54, 1.807) is 18.4 Å². The van der Waals surface area contributed by atoms with Crippen LogP contribution in [-0.4, -0.2) is 23.0 Å². The zero-order valence-corrected chi connectivity index (χ0v) is 17.3. The van der Waals surface area contributed by atoms with Gasteiger partial charge in [-0.15, -0.1) is 22.7 Å². The number of nitrogen functional groups attached to an aromatic ring is 1. The van der Waals surface area contributed by atoms with E-state index in [2.05, 4.69) is 15.3 Å². The summed E-state index contributed by atoms with van der Waals surface area (Å²) in [6.07, 6.45) is 0. The number of thiazole rings is 1. The molecule has 2 aromatic carbocycles. The number of anilines is 2. The summed E-state index contributed by atoms with van der Waals surface area (Å²) in [6.45, 7) is 1.97. The number of nitrogens with zero attached hydrogens (tertiary/aromatic N) is 2. The molecule has 3 aromatic heterocycles. The highest BCUT2D eigenvalue weighted by atomic mass is 32.1. The number of methoxy groups -OCH3 is 1. The minimum atomic E-state index is -0.251. The van der Waals surface area contributed by atoms with Gasteiger partial charge in [-0.25, -0.2) is 9.97 Å². The fourth-order valence-electron chi connectivity index (χ4n) is 3.29. The van der Waals surface area contributed by atoms with Crippen LogP contribution in [0.4, 0.5) is 11.4 Å². The SMILES string of the molecule is COc1ccc2nc3sc(C(=O)Nc4ccc5sc(C)nc5c4)c(N)c3cc2c1. The van der Waals surface area contributed by atoms with Crippen LogP contribution in [0.25, 0.3) is 31.3 Å². The standard InChI is InChI=1S/C21H16N4O2S2/c1-10-23-16-9-12(3-6-17(16)28-10)24-20(26)19-18(22)14-8-11-7-13(27-2)4-5-15(11)25-21(14)29-19/h3-9H,22H2,1-2H3,(H,24,26). The molecule has 3 heterocycles. The van der Waals surface area contributed by atoms with Gasteiger partial charge in [-0.2, -0.15) is 0 Å². The number of aryl methyl sites for hydroxylation is 1. The molecule has 5 rings (SSSR count). The highest BCUT2D eigenvalue weighted by molar-refractivity contribution is 7.21. The van der Waals surface area contributed by atoms with Crippen molar-refractivity contribution in [1.29, 1.82) is 0 Å². The van der Waals surface area contributed by atoms with Crippen molar-refractivity contribution in [3.63, 3.8) is 0 Å². The molecule has 0 saturated carbocycles. The van der Waals surface area contributed by atoms with E-state index in [9.17, 15) is 4.79 Å². The van der Waals surface area contributed by atoms with Crippen LogP contribution in [0.1, 0.15) is 14.7 Å². The van der Waals surface area contributed by atoms with E-state index in [0.29, 0.717) is 16.3 Å². The Bertz CT molecular complexity index is 1420. The van der Waals surface area contributed by atoms with Gasteiger partial charge in [0.15, 0.2) is 0 Å². The van der Waals surface area contributed by atoms with E-state index in [1.807, 2.05) is 49.4 Å². The number of hydrogen-bond acceptors (Lipinski definition) is 7. The summed E-state index contributed by atoms with van der Waals surface area (Å²) in [5.41, 5.74) is 9.14. The van der Waals surface area contributed by atoms with E-state index in [4.69, 9.17) is 10.5 Å². The zero-order chi connectivity index (χ0) is 20.1. The summed E-state index contributed by atoms with van der Waals surface area (Å²) >= 11 is 2.92. The second-order valence-corrected chi connectivity index (χ2v) is 8.85. The predicted octanol–water partition coefficient (Wildman–Crippen LogP) is 5.21. The predicted molar refractivity (Wildman–Crippen MR) is 120 cm³/mol. The maximum Gasteiger partial charge on any atom is 0.267 e. The van der Waals surface area contributed by atoms with Crippen LogP contribution in [0.3, 0.4) is 0 Å². The Morgan fingerprint density at radius 1 is 1.07 bits per heavy atom. The van der Waals surface area contributed by atoms with Crippen molar-refractivity contribution in [3.05, 3.63) is 52.3 Å². The third-order valence-electron chi connectivity index (χ3n) is 4.68. The molecule has 0 fully saturated rings. The second-order valence-electron chi connectivity index (χ2n) is 6.61. The number of amides is 1. The lowest BCUT2D eigenvalue weighted by molar-refractivity contribution is 0.103. The molecule has 0 aliphatic rings. The third-order valence-corrected chi connectivity index (χ3v) is 6.74. The Kier molecular flexibility index (Phi) is 4.11. The minimum absolute atomic E-state index is 0.251. The van der Waals surface area contributed by atoms with Crippen molar-refractivity contribution in [1.82, 2.24) is 9.97 Å². The van der Waals surface area contributed by atoms with Gasteiger partial charge in [0, 0.05) is 16.5 Å². The topological polar surface area (TPSA) is 90.1 Å². The molecule has 0 aliphatic carbocycles. The number of fused-ring (bicyclic) bond motifs is 3. The molecule has 3 N–H and O–H groups in total. The Hall–Kier alpha value is -3.23. The van der Waals surface area contributed by atoms with Crippen molar-refractivity contribution in [2.45, 2.75) is 6.92 Å². The van der Waals surface area contributed by atoms with Gasteiger partial charge in [0.05, 0.1) is 33.5 Å². The van der Waals surface area contributed by atoms with Crippen LogP contribution < -0.4 is 15.8 Å². The van der Waals surface area contributed by atoms with Crippen LogP contribution in [0, 0.1) is 6.92 Å². The molecule has 0 spiro atoms. The molecule has 144 valence electrons. The summed E-state index contributed by atoms with van der Waals surface area (Å²) in [6, 6.07) is 13.3. The number of carbonyl (C=O) groups is 1. The lowest BCUT2D eigenvalue weighted by Gasteiger charge is -2.04. The Morgan fingerprint density at radius 3 is 2.76 bits per heavy atom. The van der Waals surface area contributed by atoms with Crippen molar-refractivity contribution in [2.75, 3.05) is 18.2 Å². The van der Waals surface area contributed by atoms with E-state index < -0.39 is 0 Å². The van der Waals surface area contributed by atoms with Gasteiger partial charge in [0.25, 0.3) is 5.91 Å². The lowest BCUT2D eigenvalue weighted by Crippen LogP contribution is -2.11. The molecule has 5 aromatic rings.